The Hall–Kier alpha value is -1.49. The summed E-state index contributed by atoms with van der Waals surface area (Å²) in [7, 11) is 0. The highest BCUT2D eigenvalue weighted by Crippen LogP contribution is 2.20. The molecular weight excluding hydrogens is 388 g/mol. The number of piperidine rings is 1. The number of thioether (sulfide) groups is 1. The van der Waals surface area contributed by atoms with Crippen LogP contribution >= 0.6 is 23.4 Å². The molecule has 0 unspecified atom stereocenters. The van der Waals surface area contributed by atoms with E-state index in [9.17, 15) is 4.79 Å². The maximum Gasteiger partial charge on any atom is 0.223 e. The van der Waals surface area contributed by atoms with Gasteiger partial charge in [0.05, 0.1) is 0 Å². The quantitative estimate of drug-likeness (QED) is 0.620. The maximum absolute atomic E-state index is 12.4. The number of nitrogens with one attached hydrogen (secondary N) is 1. The monoisotopic (exact) mass is 416 g/mol. The molecule has 1 N–H and O–H groups in total. The van der Waals surface area contributed by atoms with E-state index < -0.39 is 0 Å². The number of carbonyl (C=O) groups excluding carboxylic acids is 1. The molecule has 1 fully saturated rings. The van der Waals surface area contributed by atoms with Gasteiger partial charge in [-0.3, -0.25) is 9.69 Å². The predicted octanol–water partition coefficient (Wildman–Crippen LogP) is 4.91. The first kappa shape index (κ1) is 21.2. The zero-order valence-electron chi connectivity index (χ0n) is 16.5. The van der Waals surface area contributed by atoms with Crippen LogP contribution in [0, 0.1) is 12.8 Å². The number of nitrogens with zero attached hydrogens (tertiary/aromatic N) is 1. The summed E-state index contributed by atoms with van der Waals surface area (Å²) < 4.78 is 0. The average Bonchev–Trinajstić information content (AvgIpc) is 2.71. The lowest BCUT2D eigenvalue weighted by Gasteiger charge is -2.31. The summed E-state index contributed by atoms with van der Waals surface area (Å²) in [4.78, 5) is 14.9. The molecule has 0 spiro atoms. The molecule has 28 heavy (non-hydrogen) atoms. The van der Waals surface area contributed by atoms with Crippen LogP contribution in [0.4, 0.5) is 0 Å². The third-order valence-corrected chi connectivity index (χ3v) is 6.62. The molecule has 0 aliphatic carbocycles. The SMILES string of the molecule is Cc1ccccc1CN1CCC(C(=O)NCCSCc2ccc(Cl)cc2)CC1. The van der Waals surface area contributed by atoms with Gasteiger partial charge in [0, 0.05) is 35.5 Å². The van der Waals surface area contributed by atoms with E-state index in [-0.39, 0.29) is 11.8 Å². The minimum atomic E-state index is 0.161. The summed E-state index contributed by atoms with van der Waals surface area (Å²) in [5.74, 6) is 2.27. The molecule has 0 saturated carbocycles. The zero-order valence-corrected chi connectivity index (χ0v) is 18.1. The van der Waals surface area contributed by atoms with Gasteiger partial charge in [0.2, 0.25) is 5.91 Å². The Morgan fingerprint density at radius 1 is 1.14 bits per heavy atom. The Labute approximate surface area is 177 Å². The van der Waals surface area contributed by atoms with Gasteiger partial charge in [-0.1, -0.05) is 48.0 Å². The predicted molar refractivity (Wildman–Crippen MR) is 120 cm³/mol. The summed E-state index contributed by atoms with van der Waals surface area (Å²) in [6.45, 7) is 5.89. The second-order valence-electron chi connectivity index (χ2n) is 7.45. The molecule has 0 aromatic heterocycles. The molecule has 3 nitrogen and oxygen atoms in total. The highest BCUT2D eigenvalue weighted by atomic mass is 35.5. The van der Waals surface area contributed by atoms with E-state index in [1.54, 1.807) is 0 Å². The third-order valence-electron chi connectivity index (χ3n) is 5.34. The number of hydrogen-bond acceptors (Lipinski definition) is 3. The fourth-order valence-corrected chi connectivity index (χ4v) is 4.49. The van der Waals surface area contributed by atoms with Crippen LogP contribution in [-0.2, 0) is 17.1 Å². The third kappa shape index (κ3) is 6.54. The highest BCUT2D eigenvalue weighted by Gasteiger charge is 2.24. The lowest BCUT2D eigenvalue weighted by Crippen LogP contribution is -2.40. The van der Waals surface area contributed by atoms with Crippen LogP contribution in [0.5, 0.6) is 0 Å². The Morgan fingerprint density at radius 3 is 2.57 bits per heavy atom. The lowest BCUT2D eigenvalue weighted by atomic mass is 9.95. The van der Waals surface area contributed by atoms with Crippen molar-refractivity contribution in [2.75, 3.05) is 25.4 Å². The fourth-order valence-electron chi connectivity index (χ4n) is 3.54. The largest absolute Gasteiger partial charge is 0.355 e. The van der Waals surface area contributed by atoms with Crippen LogP contribution in [0.2, 0.25) is 5.02 Å². The van der Waals surface area contributed by atoms with E-state index >= 15 is 0 Å². The normalized spacial score (nSPS) is 15.5. The highest BCUT2D eigenvalue weighted by molar-refractivity contribution is 7.98. The molecule has 0 atom stereocenters. The Kier molecular flexibility index (Phi) is 8.26. The van der Waals surface area contributed by atoms with E-state index in [1.165, 1.54) is 16.7 Å². The van der Waals surface area contributed by atoms with Crippen molar-refractivity contribution in [3.05, 3.63) is 70.2 Å². The number of carbonyl (C=O) groups is 1. The van der Waals surface area contributed by atoms with Gasteiger partial charge < -0.3 is 5.32 Å². The Bertz CT molecular complexity index is 757. The summed E-state index contributed by atoms with van der Waals surface area (Å²) in [6.07, 6.45) is 1.91. The summed E-state index contributed by atoms with van der Waals surface area (Å²) in [5, 5.41) is 3.89. The molecule has 1 saturated heterocycles. The van der Waals surface area contributed by atoms with Gasteiger partial charge >= 0.3 is 0 Å². The van der Waals surface area contributed by atoms with Crippen molar-refractivity contribution in [2.45, 2.75) is 32.1 Å². The van der Waals surface area contributed by atoms with Crippen LogP contribution in [0.1, 0.15) is 29.5 Å². The Morgan fingerprint density at radius 2 is 1.86 bits per heavy atom. The number of amides is 1. The molecule has 1 aliphatic heterocycles. The van der Waals surface area contributed by atoms with Crippen LogP contribution in [-0.4, -0.2) is 36.2 Å². The van der Waals surface area contributed by atoms with Gasteiger partial charge in [0.15, 0.2) is 0 Å². The van der Waals surface area contributed by atoms with E-state index in [0.717, 1.165) is 55.5 Å². The van der Waals surface area contributed by atoms with E-state index in [1.807, 2.05) is 23.9 Å². The van der Waals surface area contributed by atoms with Gasteiger partial charge in [-0.25, -0.2) is 0 Å². The maximum atomic E-state index is 12.4. The fraction of sp³-hybridized carbons (Fsp3) is 0.435. The van der Waals surface area contributed by atoms with Gasteiger partial charge in [-0.05, 0) is 61.7 Å². The van der Waals surface area contributed by atoms with Crippen molar-refractivity contribution < 1.29 is 4.79 Å². The second kappa shape index (κ2) is 10.9. The number of rotatable bonds is 8. The molecule has 0 bridgehead atoms. The van der Waals surface area contributed by atoms with Crippen molar-refractivity contribution in [2.24, 2.45) is 5.92 Å². The van der Waals surface area contributed by atoms with Crippen LogP contribution < -0.4 is 5.32 Å². The van der Waals surface area contributed by atoms with Gasteiger partial charge in [-0.2, -0.15) is 11.8 Å². The molecular formula is C23H29ClN2OS. The number of benzene rings is 2. The number of likely N-dealkylation sites (tertiary alicyclic amines) is 1. The number of halogens is 1. The number of aryl methyl sites for hydroxylation is 1. The first-order chi connectivity index (χ1) is 13.6. The average molecular weight is 417 g/mol. The zero-order chi connectivity index (χ0) is 19.8. The standard InChI is InChI=1S/C23H29ClN2OS/c1-18-4-2-3-5-21(18)16-26-13-10-20(11-14-26)23(27)25-12-15-28-17-19-6-8-22(24)9-7-19/h2-9,20H,10-17H2,1H3,(H,25,27). The van der Waals surface area contributed by atoms with Crippen molar-refractivity contribution >= 4 is 29.3 Å². The molecule has 1 heterocycles. The minimum Gasteiger partial charge on any atom is -0.355 e. The van der Waals surface area contributed by atoms with Crippen molar-refractivity contribution in [3.8, 4) is 0 Å². The first-order valence-electron chi connectivity index (χ1n) is 9.98. The molecule has 5 heteroatoms. The molecule has 3 rings (SSSR count). The molecule has 1 amide bonds. The van der Waals surface area contributed by atoms with Gasteiger partial charge in [0.1, 0.15) is 0 Å². The lowest BCUT2D eigenvalue weighted by molar-refractivity contribution is -0.126. The van der Waals surface area contributed by atoms with E-state index in [2.05, 4.69) is 53.5 Å². The minimum absolute atomic E-state index is 0.161. The molecule has 2 aromatic carbocycles. The molecule has 150 valence electrons. The van der Waals surface area contributed by atoms with Gasteiger partial charge in [0.25, 0.3) is 0 Å². The van der Waals surface area contributed by atoms with Crippen molar-refractivity contribution in [1.29, 1.82) is 0 Å². The molecule has 0 radical (unpaired) electrons. The van der Waals surface area contributed by atoms with Gasteiger partial charge in [-0.15, -0.1) is 0 Å². The van der Waals surface area contributed by atoms with Crippen LogP contribution in [0.25, 0.3) is 0 Å². The van der Waals surface area contributed by atoms with E-state index in [4.69, 9.17) is 11.6 Å². The van der Waals surface area contributed by atoms with E-state index in [0.29, 0.717) is 0 Å². The summed E-state index contributed by atoms with van der Waals surface area (Å²) >= 11 is 7.74. The summed E-state index contributed by atoms with van der Waals surface area (Å²) in [6, 6.07) is 16.5. The van der Waals surface area contributed by atoms with Crippen LogP contribution in [0.3, 0.4) is 0 Å². The molecule has 1 aliphatic rings. The molecule has 2 aromatic rings. The first-order valence-corrected chi connectivity index (χ1v) is 11.5. The smallest absolute Gasteiger partial charge is 0.223 e. The Balaban J connectivity index is 1.30. The van der Waals surface area contributed by atoms with Crippen molar-refractivity contribution in [3.63, 3.8) is 0 Å². The van der Waals surface area contributed by atoms with Crippen LogP contribution in [0.15, 0.2) is 48.5 Å². The van der Waals surface area contributed by atoms with Crippen molar-refractivity contribution in [1.82, 2.24) is 10.2 Å². The number of hydrogen-bond donors (Lipinski definition) is 1. The topological polar surface area (TPSA) is 32.3 Å². The second-order valence-corrected chi connectivity index (χ2v) is 8.99. The summed E-state index contributed by atoms with van der Waals surface area (Å²) in [5.41, 5.74) is 4.00.